The quantitative estimate of drug-likeness (QED) is 0.660. The van der Waals surface area contributed by atoms with E-state index in [2.05, 4.69) is 6.58 Å². The van der Waals surface area contributed by atoms with Gasteiger partial charge < -0.3 is 14.9 Å². The molecule has 0 spiro atoms. The van der Waals surface area contributed by atoms with E-state index < -0.39 is 5.97 Å². The lowest BCUT2D eigenvalue weighted by Crippen LogP contribution is -2.46. The van der Waals surface area contributed by atoms with Gasteiger partial charge in [0.05, 0.1) is 0 Å². The predicted octanol–water partition coefficient (Wildman–Crippen LogP) is 1.80. The number of nitrogens with zero attached hydrogens (tertiary/aromatic N) is 2. The number of carbonyl (C=O) groups is 2. The van der Waals surface area contributed by atoms with Crippen LogP contribution in [0.4, 0.5) is 4.79 Å². The zero-order valence-electron chi connectivity index (χ0n) is 10.7. The fourth-order valence-electron chi connectivity index (χ4n) is 1.57. The van der Waals surface area contributed by atoms with Gasteiger partial charge in [0.25, 0.3) is 0 Å². The number of urea groups is 1. The van der Waals surface area contributed by atoms with Crippen LogP contribution in [-0.4, -0.2) is 53.1 Å². The van der Waals surface area contributed by atoms with Gasteiger partial charge in [-0.1, -0.05) is 19.9 Å². The van der Waals surface area contributed by atoms with E-state index in [1.165, 1.54) is 4.90 Å². The van der Waals surface area contributed by atoms with Crippen molar-refractivity contribution in [1.29, 1.82) is 0 Å². The van der Waals surface area contributed by atoms with E-state index in [-0.39, 0.29) is 12.6 Å². The minimum atomic E-state index is -0.984. The molecule has 1 N–H and O–H groups in total. The summed E-state index contributed by atoms with van der Waals surface area (Å²) >= 11 is 0. The molecule has 0 bridgehead atoms. The fraction of sp³-hybridized carbons (Fsp3) is 0.667. The Bertz CT molecular complexity index is 266. The molecule has 0 saturated carbocycles. The number of amides is 2. The SMILES string of the molecule is C=CCN(CCC)C(=O)N(CCC)CC(=O)O. The minimum Gasteiger partial charge on any atom is -0.480 e. The summed E-state index contributed by atoms with van der Waals surface area (Å²) in [5.74, 6) is -0.984. The van der Waals surface area contributed by atoms with Gasteiger partial charge in [-0.05, 0) is 12.8 Å². The van der Waals surface area contributed by atoms with Crippen LogP contribution in [0, 0.1) is 0 Å². The largest absolute Gasteiger partial charge is 0.480 e. The van der Waals surface area contributed by atoms with Gasteiger partial charge >= 0.3 is 12.0 Å². The highest BCUT2D eigenvalue weighted by Crippen LogP contribution is 2.02. The van der Waals surface area contributed by atoms with Gasteiger partial charge in [-0.2, -0.15) is 0 Å². The number of hydrogen-bond acceptors (Lipinski definition) is 2. The topological polar surface area (TPSA) is 60.9 Å². The molecule has 0 aliphatic heterocycles. The molecular formula is C12H22N2O3. The summed E-state index contributed by atoms with van der Waals surface area (Å²) in [4.78, 5) is 25.8. The maximum absolute atomic E-state index is 12.1. The average Bonchev–Trinajstić information content (AvgIpc) is 2.27. The molecular weight excluding hydrogens is 220 g/mol. The van der Waals surface area contributed by atoms with Gasteiger partial charge in [-0.15, -0.1) is 6.58 Å². The highest BCUT2D eigenvalue weighted by Gasteiger charge is 2.20. The van der Waals surface area contributed by atoms with Gasteiger partial charge in [-0.3, -0.25) is 4.79 Å². The molecule has 0 rings (SSSR count). The summed E-state index contributed by atoms with van der Waals surface area (Å²) in [5, 5.41) is 8.77. The molecule has 0 aliphatic carbocycles. The van der Waals surface area contributed by atoms with Crippen molar-refractivity contribution < 1.29 is 14.7 Å². The minimum absolute atomic E-state index is 0.226. The Morgan fingerprint density at radius 2 is 1.71 bits per heavy atom. The van der Waals surface area contributed by atoms with Gasteiger partial charge in [0.1, 0.15) is 6.54 Å². The number of rotatable bonds is 8. The molecule has 98 valence electrons. The van der Waals surface area contributed by atoms with Crippen molar-refractivity contribution in [3.05, 3.63) is 12.7 Å². The molecule has 0 fully saturated rings. The second-order valence-corrected chi connectivity index (χ2v) is 3.83. The first kappa shape index (κ1) is 15.5. The van der Waals surface area contributed by atoms with E-state index in [1.807, 2.05) is 13.8 Å². The van der Waals surface area contributed by atoms with E-state index >= 15 is 0 Å². The first-order valence-corrected chi connectivity index (χ1v) is 5.93. The standard InChI is InChI=1S/C12H22N2O3/c1-4-7-13(8-5-2)12(17)14(9-6-3)10-11(15)16/h4H,1,5-10H2,2-3H3,(H,15,16). The van der Waals surface area contributed by atoms with E-state index in [0.29, 0.717) is 19.6 Å². The second kappa shape index (κ2) is 8.61. The zero-order valence-corrected chi connectivity index (χ0v) is 10.7. The van der Waals surface area contributed by atoms with Gasteiger partial charge in [0.15, 0.2) is 0 Å². The summed E-state index contributed by atoms with van der Waals surface area (Å²) < 4.78 is 0. The van der Waals surface area contributed by atoms with Crippen LogP contribution >= 0.6 is 0 Å². The first-order chi connectivity index (χ1) is 8.06. The highest BCUT2D eigenvalue weighted by atomic mass is 16.4. The molecule has 5 heteroatoms. The summed E-state index contributed by atoms with van der Waals surface area (Å²) in [6.07, 6.45) is 3.23. The van der Waals surface area contributed by atoms with Crippen LogP contribution in [0.3, 0.4) is 0 Å². The molecule has 5 nitrogen and oxygen atoms in total. The van der Waals surface area contributed by atoms with E-state index in [4.69, 9.17) is 5.11 Å². The third kappa shape index (κ3) is 5.94. The van der Waals surface area contributed by atoms with Crippen molar-refractivity contribution in [2.45, 2.75) is 26.7 Å². The lowest BCUT2D eigenvalue weighted by atomic mass is 10.3. The van der Waals surface area contributed by atoms with Crippen LogP contribution in [0.15, 0.2) is 12.7 Å². The van der Waals surface area contributed by atoms with Crippen LogP contribution in [0.1, 0.15) is 26.7 Å². The van der Waals surface area contributed by atoms with E-state index in [0.717, 1.165) is 12.8 Å². The van der Waals surface area contributed by atoms with Crippen LogP contribution in [0.2, 0.25) is 0 Å². The highest BCUT2D eigenvalue weighted by molar-refractivity contribution is 5.80. The third-order valence-corrected chi connectivity index (χ3v) is 2.20. The summed E-state index contributed by atoms with van der Waals surface area (Å²) in [6.45, 7) is 8.78. The second-order valence-electron chi connectivity index (χ2n) is 3.83. The van der Waals surface area contributed by atoms with Crippen LogP contribution < -0.4 is 0 Å². The molecule has 0 atom stereocenters. The van der Waals surface area contributed by atoms with E-state index in [9.17, 15) is 9.59 Å². The normalized spacial score (nSPS) is 9.76. The van der Waals surface area contributed by atoms with Crippen LogP contribution in [0.25, 0.3) is 0 Å². The molecule has 0 heterocycles. The first-order valence-electron chi connectivity index (χ1n) is 5.93. The number of carboxylic acid groups (broad SMARTS) is 1. The maximum Gasteiger partial charge on any atom is 0.323 e. The Balaban J connectivity index is 4.62. The predicted molar refractivity (Wildman–Crippen MR) is 67.0 cm³/mol. The number of carboxylic acids is 1. The molecule has 0 aliphatic rings. The van der Waals surface area contributed by atoms with Gasteiger partial charge in [0.2, 0.25) is 0 Å². The van der Waals surface area contributed by atoms with Crippen LogP contribution in [0.5, 0.6) is 0 Å². The number of aliphatic carboxylic acids is 1. The molecule has 2 amide bonds. The molecule has 0 aromatic carbocycles. The Morgan fingerprint density at radius 1 is 1.18 bits per heavy atom. The molecule has 0 saturated heterocycles. The number of carbonyl (C=O) groups excluding carboxylic acids is 1. The third-order valence-electron chi connectivity index (χ3n) is 2.20. The van der Waals surface area contributed by atoms with Crippen molar-refractivity contribution in [3.8, 4) is 0 Å². The summed E-state index contributed by atoms with van der Waals surface area (Å²) in [5.41, 5.74) is 0. The van der Waals surface area contributed by atoms with Crippen LogP contribution in [-0.2, 0) is 4.79 Å². The van der Waals surface area contributed by atoms with Crippen molar-refractivity contribution in [2.24, 2.45) is 0 Å². The Kier molecular flexibility index (Phi) is 7.84. The van der Waals surface area contributed by atoms with Crippen molar-refractivity contribution in [3.63, 3.8) is 0 Å². The van der Waals surface area contributed by atoms with Crippen molar-refractivity contribution in [1.82, 2.24) is 9.80 Å². The molecule has 0 aromatic heterocycles. The smallest absolute Gasteiger partial charge is 0.323 e. The van der Waals surface area contributed by atoms with Gasteiger partial charge in [-0.25, -0.2) is 4.79 Å². The number of hydrogen-bond donors (Lipinski definition) is 1. The Morgan fingerprint density at radius 3 is 2.12 bits per heavy atom. The zero-order chi connectivity index (χ0) is 13.3. The molecule has 0 aromatic rings. The average molecular weight is 242 g/mol. The Hall–Kier alpha value is -1.52. The molecule has 17 heavy (non-hydrogen) atoms. The lowest BCUT2D eigenvalue weighted by Gasteiger charge is -2.28. The summed E-state index contributed by atoms with van der Waals surface area (Å²) in [7, 11) is 0. The van der Waals surface area contributed by atoms with Gasteiger partial charge in [0, 0.05) is 19.6 Å². The van der Waals surface area contributed by atoms with Crippen molar-refractivity contribution >= 4 is 12.0 Å². The summed E-state index contributed by atoms with van der Waals surface area (Å²) in [6, 6.07) is -0.226. The molecule has 0 unspecified atom stereocenters. The molecule has 0 radical (unpaired) electrons. The lowest BCUT2D eigenvalue weighted by molar-refractivity contribution is -0.137. The Labute approximate surface area is 103 Å². The van der Waals surface area contributed by atoms with Crippen molar-refractivity contribution in [2.75, 3.05) is 26.2 Å². The monoisotopic (exact) mass is 242 g/mol. The van der Waals surface area contributed by atoms with E-state index in [1.54, 1.807) is 11.0 Å². The fourth-order valence-corrected chi connectivity index (χ4v) is 1.57. The maximum atomic E-state index is 12.1.